The van der Waals surface area contributed by atoms with E-state index >= 15 is 0 Å². The number of hydrazone groups is 1. The first-order valence-corrected chi connectivity index (χ1v) is 10.1. The molecule has 0 aromatic heterocycles. The average Bonchev–Trinajstić information content (AvgIpc) is 2.67. The lowest BCUT2D eigenvalue weighted by atomic mass is 9.78. The van der Waals surface area contributed by atoms with Gasteiger partial charge in [-0.1, -0.05) is 53.7 Å². The van der Waals surface area contributed by atoms with E-state index in [2.05, 4.69) is 10.5 Å². The van der Waals surface area contributed by atoms with Gasteiger partial charge < -0.3 is 14.9 Å². The second kappa shape index (κ2) is 9.25. The predicted octanol–water partition coefficient (Wildman–Crippen LogP) is 5.13. The molecule has 6 heteroatoms. The van der Waals surface area contributed by atoms with E-state index in [1.165, 1.54) is 13.3 Å². The van der Waals surface area contributed by atoms with Gasteiger partial charge in [0.1, 0.15) is 5.75 Å². The van der Waals surface area contributed by atoms with E-state index in [9.17, 15) is 15.0 Å². The maximum atomic E-state index is 12.7. The lowest BCUT2D eigenvalue weighted by Crippen LogP contribution is -2.22. The standard InChI is InChI=1S/C25H32N2O4/c1-24(2,3)18-14-17(15-19(22(18)29)25(4,5)6)23(30)27-26-13-9-11-16-10-8-12-20(31-7)21(16)28/h8-15,28-29H,1-7H3,(H,27,30). The molecule has 0 spiro atoms. The van der Waals surface area contributed by atoms with E-state index in [1.54, 1.807) is 42.5 Å². The number of carbonyl (C=O) groups excluding carboxylic acids is 1. The number of nitrogens with one attached hydrogen (secondary N) is 1. The fourth-order valence-corrected chi connectivity index (χ4v) is 3.10. The molecule has 0 aliphatic carbocycles. The Kier molecular flexibility index (Phi) is 7.16. The zero-order valence-corrected chi connectivity index (χ0v) is 19.3. The molecule has 0 unspecified atom stereocenters. The number of hydrogen-bond donors (Lipinski definition) is 3. The van der Waals surface area contributed by atoms with Gasteiger partial charge in [0, 0.05) is 28.5 Å². The summed E-state index contributed by atoms with van der Waals surface area (Å²) in [7, 11) is 1.49. The van der Waals surface area contributed by atoms with Gasteiger partial charge in [0.2, 0.25) is 0 Å². The number of carbonyl (C=O) groups is 1. The molecule has 31 heavy (non-hydrogen) atoms. The molecule has 0 aliphatic heterocycles. The van der Waals surface area contributed by atoms with E-state index in [-0.39, 0.29) is 28.2 Å². The highest BCUT2D eigenvalue weighted by Crippen LogP contribution is 2.39. The number of benzene rings is 2. The van der Waals surface area contributed by atoms with Crippen LogP contribution in [0.15, 0.2) is 41.5 Å². The third-order valence-electron chi connectivity index (χ3n) is 4.84. The number of amides is 1. The lowest BCUT2D eigenvalue weighted by molar-refractivity contribution is 0.0955. The Balaban J connectivity index is 2.22. The molecular formula is C25H32N2O4. The molecule has 0 atom stereocenters. The van der Waals surface area contributed by atoms with Crippen molar-refractivity contribution in [2.45, 2.75) is 52.4 Å². The molecule has 2 aromatic rings. The summed E-state index contributed by atoms with van der Waals surface area (Å²) in [4.78, 5) is 12.7. The van der Waals surface area contributed by atoms with Gasteiger partial charge in [0.05, 0.1) is 7.11 Å². The zero-order chi connectivity index (χ0) is 23.4. The Labute approximate surface area is 184 Å². The molecule has 0 saturated carbocycles. The van der Waals surface area contributed by atoms with Crippen LogP contribution < -0.4 is 10.2 Å². The lowest BCUT2D eigenvalue weighted by Gasteiger charge is -2.28. The van der Waals surface area contributed by atoms with Crippen LogP contribution in [0.1, 0.15) is 68.6 Å². The van der Waals surface area contributed by atoms with Gasteiger partial charge in [-0.15, -0.1) is 0 Å². The maximum absolute atomic E-state index is 12.7. The number of aromatic hydroxyl groups is 2. The number of rotatable bonds is 5. The molecule has 0 bridgehead atoms. The fraction of sp³-hybridized carbons (Fsp3) is 0.360. The van der Waals surface area contributed by atoms with Gasteiger partial charge >= 0.3 is 0 Å². The smallest absolute Gasteiger partial charge is 0.271 e. The Morgan fingerprint density at radius 1 is 1.00 bits per heavy atom. The number of nitrogens with zero attached hydrogens (tertiary/aromatic N) is 1. The van der Waals surface area contributed by atoms with Crippen LogP contribution in [0.2, 0.25) is 0 Å². The minimum absolute atomic E-state index is 0.0344. The number of para-hydroxylation sites is 1. The number of phenols is 2. The molecule has 1 amide bonds. The van der Waals surface area contributed by atoms with Crippen molar-refractivity contribution in [3.63, 3.8) is 0 Å². The molecule has 0 saturated heterocycles. The van der Waals surface area contributed by atoms with Crippen molar-refractivity contribution < 1.29 is 19.7 Å². The first-order valence-electron chi connectivity index (χ1n) is 10.1. The van der Waals surface area contributed by atoms with Gasteiger partial charge in [-0.3, -0.25) is 4.79 Å². The molecule has 0 radical (unpaired) electrons. The number of ether oxygens (including phenoxy) is 1. The Morgan fingerprint density at radius 2 is 1.58 bits per heavy atom. The second-order valence-electron chi connectivity index (χ2n) is 9.40. The number of hydrogen-bond acceptors (Lipinski definition) is 5. The third-order valence-corrected chi connectivity index (χ3v) is 4.84. The first kappa shape index (κ1) is 24.0. The molecule has 0 aliphatic rings. The monoisotopic (exact) mass is 424 g/mol. The van der Waals surface area contributed by atoms with E-state index in [4.69, 9.17) is 4.74 Å². The van der Waals surface area contributed by atoms with Crippen LogP contribution >= 0.6 is 0 Å². The summed E-state index contributed by atoms with van der Waals surface area (Å²) in [6, 6.07) is 8.58. The van der Waals surface area contributed by atoms with Crippen molar-refractivity contribution >= 4 is 18.2 Å². The van der Waals surface area contributed by atoms with E-state index in [1.807, 2.05) is 41.5 Å². The number of allylic oxidation sites excluding steroid dienone is 1. The topological polar surface area (TPSA) is 91.2 Å². The summed E-state index contributed by atoms with van der Waals surface area (Å²) < 4.78 is 5.08. The molecule has 2 rings (SSSR count). The zero-order valence-electron chi connectivity index (χ0n) is 19.3. The van der Waals surface area contributed by atoms with E-state index in [0.717, 1.165) is 0 Å². The van der Waals surface area contributed by atoms with Crippen molar-refractivity contribution in [1.29, 1.82) is 0 Å². The predicted molar refractivity (Wildman–Crippen MR) is 125 cm³/mol. The molecule has 2 aromatic carbocycles. The summed E-state index contributed by atoms with van der Waals surface area (Å²) in [6.07, 6.45) is 4.68. The van der Waals surface area contributed by atoms with Crippen LogP contribution in [-0.4, -0.2) is 29.4 Å². The first-order chi connectivity index (χ1) is 14.4. The van der Waals surface area contributed by atoms with E-state index in [0.29, 0.717) is 28.0 Å². The van der Waals surface area contributed by atoms with Crippen molar-refractivity contribution in [2.75, 3.05) is 7.11 Å². The molecule has 0 heterocycles. The van der Waals surface area contributed by atoms with Crippen molar-refractivity contribution in [3.8, 4) is 17.2 Å². The SMILES string of the molecule is COc1cccc(C=CC=NNC(=O)c2cc(C(C)(C)C)c(O)c(C(C)(C)C)c2)c1O. The Morgan fingerprint density at radius 3 is 2.10 bits per heavy atom. The highest BCUT2D eigenvalue weighted by molar-refractivity contribution is 5.95. The molecule has 0 fully saturated rings. The fourth-order valence-electron chi connectivity index (χ4n) is 3.10. The van der Waals surface area contributed by atoms with Crippen molar-refractivity contribution in [3.05, 3.63) is 58.7 Å². The van der Waals surface area contributed by atoms with Crippen LogP contribution in [0.5, 0.6) is 17.2 Å². The van der Waals surface area contributed by atoms with Crippen LogP contribution in [-0.2, 0) is 10.8 Å². The van der Waals surface area contributed by atoms with Gasteiger partial charge in [-0.2, -0.15) is 5.10 Å². The van der Waals surface area contributed by atoms with Crippen LogP contribution in [0.4, 0.5) is 0 Å². The van der Waals surface area contributed by atoms with Crippen LogP contribution in [0.3, 0.4) is 0 Å². The summed E-state index contributed by atoms with van der Waals surface area (Å²) in [5, 5.41) is 24.8. The quantitative estimate of drug-likeness (QED) is 0.458. The highest BCUT2D eigenvalue weighted by Gasteiger charge is 2.27. The number of methoxy groups -OCH3 is 1. The minimum Gasteiger partial charge on any atom is -0.507 e. The Bertz CT molecular complexity index is 974. The minimum atomic E-state index is -0.370. The molecule has 166 valence electrons. The Hall–Kier alpha value is -3.28. The van der Waals surface area contributed by atoms with Crippen LogP contribution in [0, 0.1) is 0 Å². The van der Waals surface area contributed by atoms with Gasteiger partial charge in [-0.05, 0) is 41.2 Å². The summed E-state index contributed by atoms with van der Waals surface area (Å²) >= 11 is 0. The van der Waals surface area contributed by atoms with E-state index < -0.39 is 0 Å². The maximum Gasteiger partial charge on any atom is 0.271 e. The summed E-state index contributed by atoms with van der Waals surface area (Å²) in [5.41, 5.74) is 4.27. The molecule has 6 nitrogen and oxygen atoms in total. The van der Waals surface area contributed by atoms with Crippen molar-refractivity contribution in [2.24, 2.45) is 5.10 Å². The average molecular weight is 425 g/mol. The number of phenolic OH excluding ortho intramolecular Hbond substituents is 2. The van der Waals surface area contributed by atoms with Gasteiger partial charge in [0.25, 0.3) is 5.91 Å². The van der Waals surface area contributed by atoms with Gasteiger partial charge in [-0.25, -0.2) is 5.43 Å². The second-order valence-corrected chi connectivity index (χ2v) is 9.40. The third kappa shape index (κ3) is 5.87. The van der Waals surface area contributed by atoms with Crippen molar-refractivity contribution in [1.82, 2.24) is 5.43 Å². The summed E-state index contributed by atoms with van der Waals surface area (Å²) in [5.74, 6) is 0.266. The highest BCUT2D eigenvalue weighted by atomic mass is 16.5. The molecule has 3 N–H and O–H groups in total. The molecular weight excluding hydrogens is 392 g/mol. The largest absolute Gasteiger partial charge is 0.507 e. The van der Waals surface area contributed by atoms with Gasteiger partial charge in [0.15, 0.2) is 11.5 Å². The van der Waals surface area contributed by atoms with Crippen LogP contribution in [0.25, 0.3) is 6.08 Å². The summed E-state index contributed by atoms with van der Waals surface area (Å²) in [6.45, 7) is 12.0. The normalized spacial score (nSPS) is 12.5.